The first-order valence-corrected chi connectivity index (χ1v) is 13.5. The number of hydrogen-bond acceptors (Lipinski definition) is 7. The van der Waals surface area contributed by atoms with Crippen molar-refractivity contribution in [1.82, 2.24) is 19.9 Å². The number of thiazole rings is 1. The number of halogens is 2. The zero-order valence-corrected chi connectivity index (χ0v) is 23.2. The summed E-state index contributed by atoms with van der Waals surface area (Å²) in [6.07, 6.45) is 3.67. The third-order valence-corrected chi connectivity index (χ3v) is 7.81. The van der Waals surface area contributed by atoms with Gasteiger partial charge in [0, 0.05) is 34.3 Å². The van der Waals surface area contributed by atoms with Gasteiger partial charge in [-0.3, -0.25) is 9.88 Å². The van der Waals surface area contributed by atoms with E-state index in [0.717, 1.165) is 33.4 Å². The van der Waals surface area contributed by atoms with E-state index in [1.54, 1.807) is 26.8 Å². The maximum absolute atomic E-state index is 15.1. The lowest BCUT2D eigenvalue weighted by molar-refractivity contribution is 0.167. The zero-order valence-electron chi connectivity index (χ0n) is 21.6. The second-order valence-electron chi connectivity index (χ2n) is 9.20. The fourth-order valence-electron chi connectivity index (χ4n) is 4.29. The zero-order chi connectivity index (χ0) is 27.8. The number of rotatable bonds is 7. The van der Waals surface area contributed by atoms with E-state index in [1.807, 2.05) is 18.3 Å². The Bertz CT molecular complexity index is 1700. The van der Waals surface area contributed by atoms with E-state index in [0.29, 0.717) is 31.8 Å². The van der Waals surface area contributed by atoms with Crippen molar-refractivity contribution in [2.75, 3.05) is 4.90 Å². The van der Waals surface area contributed by atoms with Crippen molar-refractivity contribution < 1.29 is 19.0 Å². The fraction of sp³-hybridized carbons (Fsp3) is 0.250. The van der Waals surface area contributed by atoms with Crippen LogP contribution in [0.5, 0.6) is 5.75 Å². The summed E-state index contributed by atoms with van der Waals surface area (Å²) >= 11 is 7.79. The van der Waals surface area contributed by atoms with Crippen LogP contribution in [0.15, 0.2) is 48.9 Å². The maximum Gasteiger partial charge on any atom is 0.412 e. The molecule has 3 aromatic heterocycles. The van der Waals surface area contributed by atoms with E-state index in [4.69, 9.17) is 16.3 Å². The predicted molar refractivity (Wildman–Crippen MR) is 152 cm³/mol. The van der Waals surface area contributed by atoms with E-state index in [2.05, 4.69) is 32.9 Å². The molecule has 0 aliphatic rings. The maximum atomic E-state index is 15.1. The molecule has 1 amide bonds. The van der Waals surface area contributed by atoms with E-state index in [9.17, 15) is 9.90 Å². The predicted octanol–water partition coefficient (Wildman–Crippen LogP) is 7.31. The Labute approximate surface area is 233 Å². The Morgan fingerprint density at radius 3 is 2.56 bits per heavy atom. The number of hydrogen-bond donors (Lipinski definition) is 1. The number of aromatic nitrogens is 4. The standard InChI is InChI=1S/C28H25ClFN5O3S/c1-5-17-6-18-7-19(29)8-21(26(18)33-11-17)27-34-23-9-22(30)24(10-25(23)39-27)38-15(3)14(2)35(28(36)37)20-12-31-16(4)32-13-20/h6-15H,5H2,1-4H3,(H,36,37)/t14-,15+/m1/s1. The largest absolute Gasteiger partial charge is 0.485 e. The highest BCUT2D eigenvalue weighted by molar-refractivity contribution is 7.21. The average Bonchev–Trinajstić information content (AvgIpc) is 3.31. The van der Waals surface area contributed by atoms with E-state index < -0.39 is 24.1 Å². The molecule has 0 saturated carbocycles. The molecule has 2 atom stereocenters. The summed E-state index contributed by atoms with van der Waals surface area (Å²) in [7, 11) is 0. The summed E-state index contributed by atoms with van der Waals surface area (Å²) in [4.78, 5) is 30.6. The molecule has 11 heteroatoms. The Hall–Kier alpha value is -3.89. The third kappa shape index (κ3) is 5.35. The van der Waals surface area contributed by atoms with Crippen LogP contribution in [0.1, 0.15) is 32.2 Å². The van der Waals surface area contributed by atoms with Crippen LogP contribution in [-0.2, 0) is 6.42 Å². The van der Waals surface area contributed by atoms with Gasteiger partial charge in [0.1, 0.15) is 16.9 Å². The fourth-order valence-corrected chi connectivity index (χ4v) is 5.51. The van der Waals surface area contributed by atoms with Crippen molar-refractivity contribution in [3.8, 4) is 16.3 Å². The molecular formula is C28H25ClFN5O3S. The van der Waals surface area contributed by atoms with Gasteiger partial charge in [-0.1, -0.05) is 18.5 Å². The highest BCUT2D eigenvalue weighted by atomic mass is 35.5. The highest BCUT2D eigenvalue weighted by Crippen LogP contribution is 2.38. The van der Waals surface area contributed by atoms with Gasteiger partial charge >= 0.3 is 6.09 Å². The quantitative estimate of drug-likeness (QED) is 0.221. The second kappa shape index (κ2) is 10.7. The third-order valence-electron chi connectivity index (χ3n) is 6.54. The summed E-state index contributed by atoms with van der Waals surface area (Å²) in [5.74, 6) is -0.0718. The molecule has 5 aromatic rings. The second-order valence-corrected chi connectivity index (χ2v) is 10.7. The van der Waals surface area contributed by atoms with E-state index in [1.165, 1.54) is 29.8 Å². The number of benzene rings is 2. The molecule has 0 aliphatic carbocycles. The Kier molecular flexibility index (Phi) is 7.33. The first-order valence-electron chi connectivity index (χ1n) is 12.3. The molecule has 3 heterocycles. The number of amides is 1. The van der Waals surface area contributed by atoms with Crippen LogP contribution in [0.25, 0.3) is 31.7 Å². The molecule has 5 rings (SSSR count). The number of carbonyl (C=O) groups is 1. The normalized spacial score (nSPS) is 13.0. The summed E-state index contributed by atoms with van der Waals surface area (Å²) < 4.78 is 21.8. The molecule has 0 unspecified atom stereocenters. The van der Waals surface area contributed by atoms with Gasteiger partial charge in [0.05, 0.1) is 39.9 Å². The Morgan fingerprint density at radius 1 is 1.13 bits per heavy atom. The summed E-state index contributed by atoms with van der Waals surface area (Å²) in [6, 6.07) is 7.98. The monoisotopic (exact) mass is 565 g/mol. The van der Waals surface area contributed by atoms with Crippen molar-refractivity contribution >= 4 is 55.8 Å². The van der Waals surface area contributed by atoms with Gasteiger partial charge in [-0.15, -0.1) is 11.3 Å². The van der Waals surface area contributed by atoms with Crippen molar-refractivity contribution in [2.24, 2.45) is 0 Å². The Morgan fingerprint density at radius 2 is 1.87 bits per heavy atom. The molecule has 8 nitrogen and oxygen atoms in total. The van der Waals surface area contributed by atoms with Gasteiger partial charge < -0.3 is 9.84 Å². The van der Waals surface area contributed by atoms with Crippen LogP contribution in [0, 0.1) is 12.7 Å². The minimum atomic E-state index is -1.19. The first-order chi connectivity index (χ1) is 18.6. The molecular weight excluding hydrogens is 541 g/mol. The van der Waals surface area contributed by atoms with Gasteiger partial charge in [-0.25, -0.2) is 24.1 Å². The van der Waals surface area contributed by atoms with Gasteiger partial charge in [0.15, 0.2) is 11.6 Å². The molecule has 0 fully saturated rings. The number of carboxylic acid groups (broad SMARTS) is 1. The summed E-state index contributed by atoms with van der Waals surface area (Å²) in [5.41, 5.74) is 3.41. The number of pyridine rings is 1. The number of anilines is 1. The average molecular weight is 566 g/mol. The number of aryl methyl sites for hydroxylation is 2. The highest BCUT2D eigenvalue weighted by Gasteiger charge is 2.29. The van der Waals surface area contributed by atoms with Crippen molar-refractivity contribution in [2.45, 2.75) is 46.3 Å². The minimum Gasteiger partial charge on any atom is -0.485 e. The number of ether oxygens (including phenoxy) is 1. The van der Waals surface area contributed by atoms with Gasteiger partial charge in [0.25, 0.3) is 0 Å². The lowest BCUT2D eigenvalue weighted by Crippen LogP contribution is -2.46. The Balaban J connectivity index is 1.46. The molecule has 39 heavy (non-hydrogen) atoms. The van der Waals surface area contributed by atoms with Crippen LogP contribution in [-0.4, -0.2) is 43.3 Å². The molecule has 0 saturated heterocycles. The smallest absolute Gasteiger partial charge is 0.412 e. The summed E-state index contributed by atoms with van der Waals surface area (Å²) in [5, 5.41) is 12.0. The lowest BCUT2D eigenvalue weighted by Gasteiger charge is -2.30. The minimum absolute atomic E-state index is 0.00390. The van der Waals surface area contributed by atoms with Crippen LogP contribution in [0.4, 0.5) is 14.9 Å². The van der Waals surface area contributed by atoms with Crippen LogP contribution < -0.4 is 9.64 Å². The van der Waals surface area contributed by atoms with Crippen molar-refractivity contribution in [3.05, 3.63) is 71.2 Å². The molecule has 0 spiro atoms. The van der Waals surface area contributed by atoms with Crippen molar-refractivity contribution in [1.29, 1.82) is 0 Å². The number of nitrogens with zero attached hydrogens (tertiary/aromatic N) is 5. The van der Waals surface area contributed by atoms with Gasteiger partial charge in [-0.2, -0.15) is 0 Å². The van der Waals surface area contributed by atoms with Gasteiger partial charge in [0.2, 0.25) is 0 Å². The molecule has 2 aromatic carbocycles. The van der Waals surface area contributed by atoms with Crippen molar-refractivity contribution in [3.63, 3.8) is 0 Å². The van der Waals surface area contributed by atoms with Gasteiger partial charge in [-0.05, 0) is 51.0 Å². The lowest BCUT2D eigenvalue weighted by atomic mass is 10.1. The molecule has 200 valence electrons. The molecule has 1 N–H and O–H groups in total. The summed E-state index contributed by atoms with van der Waals surface area (Å²) in [6.45, 7) is 7.14. The number of fused-ring (bicyclic) bond motifs is 2. The SMILES string of the molecule is CCc1cnc2c(-c3nc4cc(F)c(O[C@@H](C)[C@@H](C)N(C(=O)O)c5cnc(C)nc5)cc4s3)cc(Cl)cc2c1. The molecule has 0 radical (unpaired) electrons. The molecule has 0 bridgehead atoms. The topological polar surface area (TPSA) is 101 Å². The first kappa shape index (κ1) is 26.7. The van der Waals surface area contributed by atoms with Crippen LogP contribution >= 0.6 is 22.9 Å². The molecule has 0 aliphatic heterocycles. The van der Waals surface area contributed by atoms with Crippen LogP contribution in [0.2, 0.25) is 5.02 Å². The van der Waals surface area contributed by atoms with Crippen LogP contribution in [0.3, 0.4) is 0 Å². The van der Waals surface area contributed by atoms with E-state index >= 15 is 4.39 Å². The van der Waals surface area contributed by atoms with E-state index in [-0.39, 0.29) is 5.75 Å².